The number of carbonyl (C=O) groups is 3. The Bertz CT molecular complexity index is 1570. The molecule has 2 atom stereocenters. The van der Waals surface area contributed by atoms with Crippen LogP contribution in [0.2, 0.25) is 5.02 Å². The Kier molecular flexibility index (Phi) is 10.2. The number of anilines is 1. The number of halogens is 1. The maximum absolute atomic E-state index is 13.2. The Hall–Kier alpha value is -4.40. The molecular weight excluding hydrogens is 554 g/mol. The number of rotatable bonds is 12. The first-order chi connectivity index (χ1) is 20.1. The number of ether oxygens (including phenoxy) is 1. The molecule has 0 aliphatic rings. The summed E-state index contributed by atoms with van der Waals surface area (Å²) in [6.45, 7) is 4.28. The minimum absolute atomic E-state index is 0.113. The van der Waals surface area contributed by atoms with Crippen LogP contribution in [0.4, 0.5) is 5.69 Å². The van der Waals surface area contributed by atoms with Gasteiger partial charge in [0.25, 0.3) is 5.91 Å². The molecule has 0 fully saturated rings. The van der Waals surface area contributed by atoms with Crippen molar-refractivity contribution in [1.82, 2.24) is 5.32 Å². The summed E-state index contributed by atoms with van der Waals surface area (Å²) in [5.74, 6) is -1.68. The Morgan fingerprint density at radius 1 is 0.881 bits per heavy atom. The highest BCUT2D eigenvalue weighted by Crippen LogP contribution is 2.27. The minimum atomic E-state index is -1.15. The van der Waals surface area contributed by atoms with Crippen molar-refractivity contribution in [3.8, 4) is 5.75 Å². The van der Waals surface area contributed by atoms with E-state index in [2.05, 4.69) is 10.6 Å². The van der Waals surface area contributed by atoms with Crippen LogP contribution in [0.5, 0.6) is 5.75 Å². The van der Waals surface area contributed by atoms with Crippen molar-refractivity contribution >= 4 is 45.8 Å². The van der Waals surface area contributed by atoms with Gasteiger partial charge in [-0.1, -0.05) is 80.0 Å². The third-order valence-electron chi connectivity index (χ3n) is 6.64. The summed E-state index contributed by atoms with van der Waals surface area (Å²) in [5, 5.41) is 17.9. The van der Waals surface area contributed by atoms with E-state index in [0.29, 0.717) is 23.7 Å². The number of nitrogens with two attached hydrogens (primary N) is 1. The summed E-state index contributed by atoms with van der Waals surface area (Å²) in [6, 6.07) is 23.2. The lowest BCUT2D eigenvalue weighted by atomic mass is 10.0. The number of hydrogen-bond acceptors (Lipinski definition) is 5. The second kappa shape index (κ2) is 14.0. The molecule has 42 heavy (non-hydrogen) atoms. The Balaban J connectivity index is 1.48. The van der Waals surface area contributed by atoms with E-state index in [0.717, 1.165) is 21.9 Å². The zero-order valence-electron chi connectivity index (χ0n) is 23.5. The van der Waals surface area contributed by atoms with Crippen LogP contribution in [0.1, 0.15) is 35.3 Å². The molecule has 0 spiro atoms. The predicted octanol–water partition coefficient (Wildman–Crippen LogP) is 5.46. The second-order valence-electron chi connectivity index (χ2n) is 10.6. The molecule has 0 aromatic heterocycles. The fraction of sp³-hybridized carbons (Fsp3) is 0.242. The van der Waals surface area contributed by atoms with E-state index in [1.807, 2.05) is 68.4 Å². The van der Waals surface area contributed by atoms with Crippen LogP contribution >= 0.6 is 11.6 Å². The lowest BCUT2D eigenvalue weighted by molar-refractivity contribution is -0.139. The molecular formula is C33H34ClN3O5. The topological polar surface area (TPSA) is 131 Å². The number of carboxylic acids is 1. The molecule has 0 heterocycles. The Labute approximate surface area is 249 Å². The standard InChI is InChI=1S/C33H34ClN3O5/c1-20(2)19-42-30-18-25(11-14-28(30)36-32(39)27(35)16-21-8-12-26(34)13-9-21)31(38)37-29(33(40)41)17-22-7-10-23-5-3-4-6-24(23)15-22/h3-15,18,20,27,29H,16-17,19,35H2,1-2H3,(H,36,39)(H,37,38)(H,40,41)/t27-,29-/m0/s1. The van der Waals surface area contributed by atoms with Crippen LogP contribution in [0.3, 0.4) is 0 Å². The lowest BCUT2D eigenvalue weighted by Gasteiger charge is -2.19. The first kappa shape index (κ1) is 30.6. The zero-order chi connectivity index (χ0) is 30.2. The van der Waals surface area contributed by atoms with Crippen LogP contribution in [-0.4, -0.2) is 41.6 Å². The highest BCUT2D eigenvalue weighted by atomic mass is 35.5. The maximum Gasteiger partial charge on any atom is 0.326 e. The van der Waals surface area contributed by atoms with Crippen LogP contribution in [-0.2, 0) is 22.4 Å². The van der Waals surface area contributed by atoms with Crippen LogP contribution in [0, 0.1) is 5.92 Å². The van der Waals surface area contributed by atoms with Gasteiger partial charge in [0.1, 0.15) is 11.8 Å². The van der Waals surface area contributed by atoms with E-state index < -0.39 is 29.9 Å². The van der Waals surface area contributed by atoms with Crippen molar-refractivity contribution in [3.05, 3.63) is 107 Å². The number of benzene rings is 4. The van der Waals surface area contributed by atoms with E-state index in [-0.39, 0.29) is 23.7 Å². The summed E-state index contributed by atoms with van der Waals surface area (Å²) in [5.41, 5.74) is 8.36. The molecule has 0 aliphatic heterocycles. The fourth-order valence-electron chi connectivity index (χ4n) is 4.38. The highest BCUT2D eigenvalue weighted by molar-refractivity contribution is 6.30. The molecule has 0 radical (unpaired) electrons. The molecule has 0 unspecified atom stereocenters. The average molecular weight is 588 g/mol. The van der Waals surface area contributed by atoms with Gasteiger partial charge in [0.05, 0.1) is 18.3 Å². The van der Waals surface area contributed by atoms with Gasteiger partial charge in [-0.25, -0.2) is 4.79 Å². The van der Waals surface area contributed by atoms with E-state index in [1.54, 1.807) is 18.2 Å². The number of aliphatic carboxylic acids is 1. The summed E-state index contributed by atoms with van der Waals surface area (Å²) in [4.78, 5) is 38.1. The van der Waals surface area contributed by atoms with Gasteiger partial charge in [-0.05, 0) is 64.6 Å². The molecule has 9 heteroatoms. The van der Waals surface area contributed by atoms with Gasteiger partial charge in [0, 0.05) is 17.0 Å². The lowest BCUT2D eigenvalue weighted by Crippen LogP contribution is -2.42. The average Bonchev–Trinajstić information content (AvgIpc) is 2.97. The van der Waals surface area contributed by atoms with Gasteiger partial charge in [-0.3, -0.25) is 9.59 Å². The molecule has 4 rings (SSSR count). The SMILES string of the molecule is CC(C)COc1cc(C(=O)N[C@@H](Cc2ccc3ccccc3c2)C(=O)O)ccc1NC(=O)[C@@H](N)Cc1ccc(Cl)cc1. The Morgan fingerprint density at radius 2 is 1.57 bits per heavy atom. The predicted molar refractivity (Wildman–Crippen MR) is 165 cm³/mol. The van der Waals surface area contributed by atoms with Crippen LogP contribution < -0.4 is 21.1 Å². The third kappa shape index (κ3) is 8.31. The largest absolute Gasteiger partial charge is 0.491 e. The zero-order valence-corrected chi connectivity index (χ0v) is 24.2. The van der Waals surface area contributed by atoms with Crippen molar-refractivity contribution in [2.45, 2.75) is 38.8 Å². The molecule has 0 bridgehead atoms. The van der Waals surface area contributed by atoms with Crippen molar-refractivity contribution in [3.63, 3.8) is 0 Å². The van der Waals surface area contributed by atoms with Gasteiger partial charge < -0.3 is 26.2 Å². The summed E-state index contributed by atoms with van der Waals surface area (Å²) < 4.78 is 5.92. The smallest absolute Gasteiger partial charge is 0.326 e. The van der Waals surface area contributed by atoms with E-state index in [9.17, 15) is 19.5 Å². The highest BCUT2D eigenvalue weighted by Gasteiger charge is 2.23. The number of fused-ring (bicyclic) bond motifs is 1. The molecule has 0 saturated heterocycles. The molecule has 8 nitrogen and oxygen atoms in total. The quantitative estimate of drug-likeness (QED) is 0.174. The fourth-order valence-corrected chi connectivity index (χ4v) is 4.50. The number of hydrogen-bond donors (Lipinski definition) is 4. The van der Waals surface area contributed by atoms with Gasteiger partial charge in [0.2, 0.25) is 5.91 Å². The number of carboxylic acid groups (broad SMARTS) is 1. The molecule has 0 aliphatic carbocycles. The molecule has 218 valence electrons. The van der Waals surface area contributed by atoms with E-state index >= 15 is 0 Å². The van der Waals surface area contributed by atoms with Crippen molar-refractivity contribution in [1.29, 1.82) is 0 Å². The van der Waals surface area contributed by atoms with Crippen molar-refractivity contribution in [2.75, 3.05) is 11.9 Å². The van der Waals surface area contributed by atoms with Gasteiger partial charge in [-0.15, -0.1) is 0 Å². The van der Waals surface area contributed by atoms with Crippen molar-refractivity contribution < 1.29 is 24.2 Å². The third-order valence-corrected chi connectivity index (χ3v) is 6.89. The maximum atomic E-state index is 13.2. The van der Waals surface area contributed by atoms with Gasteiger partial charge in [-0.2, -0.15) is 0 Å². The van der Waals surface area contributed by atoms with E-state index in [1.165, 1.54) is 12.1 Å². The molecule has 4 aromatic rings. The number of amides is 2. The van der Waals surface area contributed by atoms with Gasteiger partial charge in [0.15, 0.2) is 0 Å². The first-order valence-electron chi connectivity index (χ1n) is 13.7. The minimum Gasteiger partial charge on any atom is -0.491 e. The van der Waals surface area contributed by atoms with Crippen molar-refractivity contribution in [2.24, 2.45) is 11.7 Å². The first-order valence-corrected chi connectivity index (χ1v) is 14.1. The second-order valence-corrected chi connectivity index (χ2v) is 11.0. The molecule has 2 amide bonds. The van der Waals surface area contributed by atoms with Gasteiger partial charge >= 0.3 is 5.97 Å². The Morgan fingerprint density at radius 3 is 2.26 bits per heavy atom. The monoisotopic (exact) mass is 587 g/mol. The molecule has 4 aromatic carbocycles. The number of carbonyl (C=O) groups excluding carboxylic acids is 2. The normalized spacial score (nSPS) is 12.5. The summed E-state index contributed by atoms with van der Waals surface area (Å²) >= 11 is 5.94. The molecule has 0 saturated carbocycles. The van der Waals surface area contributed by atoms with Crippen LogP contribution in [0.25, 0.3) is 10.8 Å². The number of nitrogens with one attached hydrogen (secondary N) is 2. The molecule has 5 N–H and O–H groups in total. The van der Waals surface area contributed by atoms with E-state index in [4.69, 9.17) is 22.1 Å². The van der Waals surface area contributed by atoms with Crippen LogP contribution in [0.15, 0.2) is 84.9 Å². The summed E-state index contributed by atoms with van der Waals surface area (Å²) in [7, 11) is 0. The summed E-state index contributed by atoms with van der Waals surface area (Å²) in [6.07, 6.45) is 0.418.